The van der Waals surface area contributed by atoms with E-state index in [4.69, 9.17) is 10.9 Å². The molecule has 0 unspecified atom stereocenters. The van der Waals surface area contributed by atoms with Crippen LogP contribution in [0.5, 0.6) is 0 Å². The number of oxime groups is 1. The van der Waals surface area contributed by atoms with Crippen LogP contribution in [0.3, 0.4) is 0 Å². The minimum atomic E-state index is -0.0261. The van der Waals surface area contributed by atoms with E-state index in [9.17, 15) is 0 Å². The van der Waals surface area contributed by atoms with Gasteiger partial charge in [-0.1, -0.05) is 5.16 Å². The Morgan fingerprint density at radius 1 is 1.32 bits per heavy atom. The van der Waals surface area contributed by atoms with Crippen molar-refractivity contribution in [2.24, 2.45) is 10.9 Å². The third kappa shape index (κ3) is 3.16. The molecule has 0 fully saturated rings. The second-order valence-electron chi connectivity index (χ2n) is 3.77. The molecule has 0 spiro atoms. The van der Waals surface area contributed by atoms with Crippen molar-refractivity contribution in [3.8, 4) is 0 Å². The normalized spacial score (nSPS) is 11.6. The number of hydrogen-bond acceptors (Lipinski definition) is 7. The topological polar surface area (TPSA) is 110 Å². The van der Waals surface area contributed by atoms with Crippen molar-refractivity contribution < 1.29 is 5.21 Å². The first-order valence-electron chi connectivity index (χ1n) is 5.40. The summed E-state index contributed by atoms with van der Waals surface area (Å²) in [7, 11) is 0. The number of rotatable bonds is 3. The Morgan fingerprint density at radius 3 is 2.63 bits per heavy atom. The maximum atomic E-state index is 8.74. The van der Waals surface area contributed by atoms with Gasteiger partial charge in [0.1, 0.15) is 5.03 Å². The largest absolute Gasteiger partial charge is 0.409 e. The van der Waals surface area contributed by atoms with Gasteiger partial charge >= 0.3 is 0 Å². The zero-order valence-corrected chi connectivity index (χ0v) is 11.2. The van der Waals surface area contributed by atoms with Crippen LogP contribution in [-0.4, -0.2) is 31.2 Å². The predicted octanol–water partition coefficient (Wildman–Crippen LogP) is 1.13. The number of aromatic nitrogens is 4. The molecule has 2 heterocycles. The van der Waals surface area contributed by atoms with Crippen molar-refractivity contribution in [2.75, 3.05) is 0 Å². The zero-order chi connectivity index (χ0) is 13.8. The molecule has 0 radical (unpaired) electrons. The molecule has 7 nitrogen and oxygen atoms in total. The van der Waals surface area contributed by atoms with Crippen molar-refractivity contribution in [1.29, 1.82) is 0 Å². The van der Waals surface area contributed by atoms with Gasteiger partial charge in [-0.3, -0.25) is 0 Å². The van der Waals surface area contributed by atoms with Crippen LogP contribution >= 0.6 is 11.8 Å². The number of aryl methyl sites for hydroxylation is 2. The molecule has 2 aromatic heterocycles. The Morgan fingerprint density at radius 2 is 2.00 bits per heavy atom. The molecular weight excluding hydrogens is 264 g/mol. The summed E-state index contributed by atoms with van der Waals surface area (Å²) < 4.78 is 0. The lowest BCUT2D eigenvalue weighted by molar-refractivity contribution is 0.318. The smallest absolute Gasteiger partial charge is 0.194 e. The van der Waals surface area contributed by atoms with Gasteiger partial charge in [-0.05, 0) is 37.7 Å². The fourth-order valence-corrected chi connectivity index (χ4v) is 2.39. The molecule has 0 amide bonds. The molecule has 2 rings (SSSR count). The van der Waals surface area contributed by atoms with E-state index < -0.39 is 0 Å². The first kappa shape index (κ1) is 13.2. The van der Waals surface area contributed by atoms with Gasteiger partial charge in [-0.15, -0.1) is 5.10 Å². The average molecular weight is 276 g/mol. The van der Waals surface area contributed by atoms with E-state index in [1.54, 1.807) is 6.07 Å². The van der Waals surface area contributed by atoms with Crippen molar-refractivity contribution in [3.05, 3.63) is 35.3 Å². The van der Waals surface area contributed by atoms with E-state index in [1.807, 2.05) is 19.9 Å². The standard InChI is InChI=1S/C11H12N6OS/c1-6-5-7(2)15-11(14-6)19-10-8(9(12)17-18)3-4-13-16-10/h3-5,18H,1-2H3,(H2,12,17). The lowest BCUT2D eigenvalue weighted by atomic mass is 10.3. The molecule has 0 bridgehead atoms. The van der Waals surface area contributed by atoms with Crippen LogP contribution in [0.2, 0.25) is 0 Å². The summed E-state index contributed by atoms with van der Waals surface area (Å²) in [5.41, 5.74) is 7.81. The van der Waals surface area contributed by atoms with Crippen molar-refractivity contribution in [1.82, 2.24) is 20.2 Å². The molecule has 3 N–H and O–H groups in total. The molecule has 0 aliphatic rings. The van der Waals surface area contributed by atoms with Gasteiger partial charge in [-0.2, -0.15) is 5.10 Å². The summed E-state index contributed by atoms with van der Waals surface area (Å²) in [6, 6.07) is 3.50. The summed E-state index contributed by atoms with van der Waals surface area (Å²) in [6.07, 6.45) is 1.47. The molecule has 0 aliphatic heterocycles. The van der Waals surface area contributed by atoms with Gasteiger partial charge in [0.05, 0.1) is 11.8 Å². The van der Waals surface area contributed by atoms with Crippen LogP contribution in [0.4, 0.5) is 0 Å². The summed E-state index contributed by atoms with van der Waals surface area (Å²) in [5.74, 6) is -0.0261. The molecule has 19 heavy (non-hydrogen) atoms. The van der Waals surface area contributed by atoms with E-state index in [0.29, 0.717) is 15.7 Å². The molecule has 0 aromatic carbocycles. The van der Waals surface area contributed by atoms with Gasteiger partial charge in [-0.25, -0.2) is 9.97 Å². The molecule has 8 heteroatoms. The molecular formula is C11H12N6OS. The summed E-state index contributed by atoms with van der Waals surface area (Å²) in [4.78, 5) is 8.59. The third-order valence-corrected chi connectivity index (χ3v) is 3.08. The van der Waals surface area contributed by atoms with Crippen LogP contribution < -0.4 is 5.73 Å². The predicted molar refractivity (Wildman–Crippen MR) is 70.2 cm³/mol. The highest BCUT2D eigenvalue weighted by Crippen LogP contribution is 2.25. The minimum Gasteiger partial charge on any atom is -0.409 e. The quantitative estimate of drug-likeness (QED) is 0.284. The maximum Gasteiger partial charge on any atom is 0.194 e. The number of amidine groups is 1. The monoisotopic (exact) mass is 276 g/mol. The van der Waals surface area contributed by atoms with Crippen molar-refractivity contribution in [3.63, 3.8) is 0 Å². The zero-order valence-electron chi connectivity index (χ0n) is 10.4. The Balaban J connectivity index is 2.38. The molecule has 0 saturated carbocycles. The van der Waals surface area contributed by atoms with Crippen molar-refractivity contribution >= 4 is 17.6 Å². The van der Waals surface area contributed by atoms with Gasteiger partial charge in [0, 0.05) is 11.4 Å². The van der Waals surface area contributed by atoms with Crippen LogP contribution in [-0.2, 0) is 0 Å². The fourth-order valence-electron chi connectivity index (χ4n) is 1.47. The number of nitrogens with zero attached hydrogens (tertiary/aromatic N) is 5. The van der Waals surface area contributed by atoms with Crippen LogP contribution in [0.25, 0.3) is 0 Å². The van der Waals surface area contributed by atoms with E-state index in [1.165, 1.54) is 18.0 Å². The highest BCUT2D eigenvalue weighted by atomic mass is 32.2. The lowest BCUT2D eigenvalue weighted by Crippen LogP contribution is -2.15. The summed E-state index contributed by atoms with van der Waals surface area (Å²) in [6.45, 7) is 3.78. The number of nitrogens with two attached hydrogens (primary N) is 1. The Labute approximate surface area is 114 Å². The Bertz CT molecular complexity index is 610. The van der Waals surface area contributed by atoms with Crippen LogP contribution in [0.1, 0.15) is 17.0 Å². The van der Waals surface area contributed by atoms with E-state index in [2.05, 4.69) is 25.3 Å². The second kappa shape index (κ2) is 5.61. The van der Waals surface area contributed by atoms with Crippen molar-refractivity contribution in [2.45, 2.75) is 24.0 Å². The van der Waals surface area contributed by atoms with Gasteiger partial charge in [0.15, 0.2) is 11.0 Å². The average Bonchev–Trinajstić information content (AvgIpc) is 2.37. The third-order valence-electron chi connectivity index (χ3n) is 2.22. The maximum absolute atomic E-state index is 8.74. The SMILES string of the molecule is Cc1cc(C)nc(Sc2nnccc2C(N)=NO)n1. The van der Waals surface area contributed by atoms with Crippen LogP contribution in [0, 0.1) is 13.8 Å². The van der Waals surface area contributed by atoms with E-state index >= 15 is 0 Å². The molecule has 98 valence electrons. The van der Waals surface area contributed by atoms with E-state index in [-0.39, 0.29) is 5.84 Å². The molecule has 2 aromatic rings. The fraction of sp³-hybridized carbons (Fsp3) is 0.182. The lowest BCUT2D eigenvalue weighted by Gasteiger charge is -2.05. The van der Waals surface area contributed by atoms with Crippen LogP contribution in [0.15, 0.2) is 33.7 Å². The Hall–Kier alpha value is -2.22. The number of hydrogen-bond donors (Lipinski definition) is 2. The van der Waals surface area contributed by atoms with Gasteiger partial charge < -0.3 is 10.9 Å². The second-order valence-corrected chi connectivity index (χ2v) is 4.73. The Kier molecular flexibility index (Phi) is 3.91. The highest BCUT2D eigenvalue weighted by Gasteiger charge is 2.12. The summed E-state index contributed by atoms with van der Waals surface area (Å²) >= 11 is 1.22. The highest BCUT2D eigenvalue weighted by molar-refractivity contribution is 7.99. The molecule has 0 atom stereocenters. The van der Waals surface area contributed by atoms with Gasteiger partial charge in [0.25, 0.3) is 0 Å². The van der Waals surface area contributed by atoms with Gasteiger partial charge in [0.2, 0.25) is 0 Å². The first-order valence-corrected chi connectivity index (χ1v) is 6.21. The minimum absolute atomic E-state index is 0.0261. The first-order chi connectivity index (χ1) is 9.10. The van der Waals surface area contributed by atoms with E-state index in [0.717, 1.165) is 11.4 Å². The molecule has 0 aliphatic carbocycles. The summed E-state index contributed by atoms with van der Waals surface area (Å²) in [5, 5.41) is 20.5. The molecule has 0 saturated heterocycles.